The van der Waals surface area contributed by atoms with E-state index in [1.54, 1.807) is 7.11 Å². The summed E-state index contributed by atoms with van der Waals surface area (Å²) in [5, 5.41) is 5.94. The van der Waals surface area contributed by atoms with Gasteiger partial charge in [-0.3, -0.25) is 4.79 Å². The highest BCUT2D eigenvalue weighted by Crippen LogP contribution is 2.16. The Morgan fingerprint density at radius 3 is 2.76 bits per heavy atom. The molecule has 1 amide bonds. The second-order valence-electron chi connectivity index (χ2n) is 3.81. The number of likely N-dealkylation sites (N-methyl/N-ethyl adjacent to an activating group) is 1. The topological polar surface area (TPSA) is 50.4 Å². The van der Waals surface area contributed by atoms with Gasteiger partial charge in [0.05, 0.1) is 13.2 Å². The summed E-state index contributed by atoms with van der Waals surface area (Å²) in [5.74, 6) is 0.852. The predicted molar refractivity (Wildman–Crippen MR) is 68.0 cm³/mol. The van der Waals surface area contributed by atoms with Gasteiger partial charge in [0.1, 0.15) is 5.75 Å². The van der Waals surface area contributed by atoms with Crippen molar-refractivity contribution in [3.63, 3.8) is 0 Å². The highest BCUT2D eigenvalue weighted by atomic mass is 16.5. The van der Waals surface area contributed by atoms with Crippen LogP contribution in [0.25, 0.3) is 0 Å². The third-order valence-corrected chi connectivity index (χ3v) is 2.54. The molecule has 0 spiro atoms. The summed E-state index contributed by atoms with van der Waals surface area (Å²) in [4.78, 5) is 11.5. The molecule has 1 unspecified atom stereocenters. The van der Waals surface area contributed by atoms with Crippen LogP contribution in [0.5, 0.6) is 5.75 Å². The Morgan fingerprint density at radius 2 is 2.12 bits per heavy atom. The molecule has 0 aliphatic carbocycles. The number of carbonyl (C=O) groups is 1. The molecule has 1 aromatic rings. The van der Waals surface area contributed by atoms with Crippen LogP contribution in [0.4, 0.5) is 0 Å². The molecule has 0 radical (unpaired) electrons. The van der Waals surface area contributed by atoms with E-state index in [0.717, 1.165) is 11.3 Å². The van der Waals surface area contributed by atoms with Crippen molar-refractivity contribution in [1.82, 2.24) is 10.6 Å². The molecular weight excluding hydrogens is 216 g/mol. The van der Waals surface area contributed by atoms with Crippen LogP contribution in [0.3, 0.4) is 0 Å². The van der Waals surface area contributed by atoms with Gasteiger partial charge in [-0.1, -0.05) is 18.2 Å². The summed E-state index contributed by atoms with van der Waals surface area (Å²) in [6.45, 7) is 5.02. The maximum atomic E-state index is 11.5. The molecule has 1 rings (SSSR count). The quantitative estimate of drug-likeness (QED) is 0.783. The van der Waals surface area contributed by atoms with Gasteiger partial charge < -0.3 is 15.4 Å². The maximum absolute atomic E-state index is 11.5. The van der Waals surface area contributed by atoms with Gasteiger partial charge in [-0.15, -0.1) is 0 Å². The Balaban J connectivity index is 2.52. The Hall–Kier alpha value is -1.55. The third kappa shape index (κ3) is 4.07. The lowest BCUT2D eigenvalue weighted by Gasteiger charge is -2.14. The lowest BCUT2D eigenvalue weighted by Crippen LogP contribution is -2.41. The minimum atomic E-state index is -0.208. The van der Waals surface area contributed by atoms with Crippen LogP contribution >= 0.6 is 0 Å². The summed E-state index contributed by atoms with van der Waals surface area (Å²) in [5.41, 5.74) is 1.05. The van der Waals surface area contributed by atoms with Gasteiger partial charge in [0, 0.05) is 18.7 Å². The largest absolute Gasteiger partial charge is 0.496 e. The molecule has 0 bridgehead atoms. The predicted octanol–water partition coefficient (Wildman–Crippen LogP) is 1.31. The van der Waals surface area contributed by atoms with Gasteiger partial charge in [-0.25, -0.2) is 0 Å². The van der Waals surface area contributed by atoms with Crippen LogP contribution in [-0.4, -0.2) is 25.6 Å². The van der Waals surface area contributed by atoms with Gasteiger partial charge in [-0.2, -0.15) is 0 Å². The maximum Gasteiger partial charge on any atom is 0.236 e. The molecule has 2 N–H and O–H groups in total. The summed E-state index contributed by atoms with van der Waals surface area (Å²) in [6, 6.07) is 7.57. The van der Waals surface area contributed by atoms with Gasteiger partial charge in [0.25, 0.3) is 0 Å². The number of methoxy groups -OCH3 is 1. The molecule has 94 valence electrons. The smallest absolute Gasteiger partial charge is 0.236 e. The van der Waals surface area contributed by atoms with Gasteiger partial charge in [0.2, 0.25) is 5.91 Å². The van der Waals surface area contributed by atoms with Crippen molar-refractivity contribution in [3.8, 4) is 5.75 Å². The lowest BCUT2D eigenvalue weighted by molar-refractivity contribution is -0.122. The second kappa shape index (κ2) is 6.91. The molecule has 1 aromatic carbocycles. The van der Waals surface area contributed by atoms with Crippen molar-refractivity contribution in [2.75, 3.05) is 13.7 Å². The average molecular weight is 236 g/mol. The van der Waals surface area contributed by atoms with E-state index in [9.17, 15) is 4.79 Å². The molecule has 17 heavy (non-hydrogen) atoms. The molecule has 0 saturated heterocycles. The lowest BCUT2D eigenvalue weighted by atomic mass is 10.2. The number of benzene rings is 1. The minimum absolute atomic E-state index is 0.0161. The summed E-state index contributed by atoms with van der Waals surface area (Å²) >= 11 is 0. The fourth-order valence-corrected chi connectivity index (χ4v) is 1.53. The van der Waals surface area contributed by atoms with E-state index in [1.807, 2.05) is 38.1 Å². The zero-order valence-electron chi connectivity index (χ0n) is 10.6. The molecule has 0 heterocycles. The van der Waals surface area contributed by atoms with Gasteiger partial charge >= 0.3 is 0 Å². The first kappa shape index (κ1) is 13.5. The molecule has 0 aromatic heterocycles. The third-order valence-electron chi connectivity index (χ3n) is 2.54. The fraction of sp³-hybridized carbons (Fsp3) is 0.462. The van der Waals surface area contributed by atoms with E-state index in [1.165, 1.54) is 0 Å². The van der Waals surface area contributed by atoms with Crippen LogP contribution in [0.15, 0.2) is 24.3 Å². The Kier molecular flexibility index (Phi) is 5.49. The van der Waals surface area contributed by atoms with Crippen LogP contribution in [-0.2, 0) is 11.3 Å². The Bertz CT molecular complexity index is 366. The second-order valence-corrected chi connectivity index (χ2v) is 3.81. The van der Waals surface area contributed by atoms with Crippen LogP contribution in [0.2, 0.25) is 0 Å². The van der Waals surface area contributed by atoms with Gasteiger partial charge in [-0.05, 0) is 19.9 Å². The first-order valence-electron chi connectivity index (χ1n) is 5.82. The number of hydrogen-bond donors (Lipinski definition) is 2. The number of hydrogen-bond acceptors (Lipinski definition) is 3. The SMILES string of the molecule is CCNC(=O)C(C)NCc1ccccc1OC. The monoisotopic (exact) mass is 236 g/mol. The standard InChI is InChI=1S/C13H20N2O2/c1-4-14-13(16)10(2)15-9-11-7-5-6-8-12(11)17-3/h5-8,10,15H,4,9H2,1-3H3,(H,14,16). The zero-order chi connectivity index (χ0) is 12.7. The Morgan fingerprint density at radius 1 is 1.41 bits per heavy atom. The molecule has 0 fully saturated rings. The van der Waals surface area contributed by atoms with E-state index in [4.69, 9.17) is 4.74 Å². The van der Waals surface area contributed by atoms with Gasteiger partial charge in [0.15, 0.2) is 0 Å². The first-order chi connectivity index (χ1) is 8.19. The van der Waals surface area contributed by atoms with E-state index >= 15 is 0 Å². The van der Waals surface area contributed by atoms with Crippen molar-refractivity contribution in [3.05, 3.63) is 29.8 Å². The zero-order valence-corrected chi connectivity index (χ0v) is 10.6. The summed E-state index contributed by atoms with van der Waals surface area (Å²) in [6.07, 6.45) is 0. The summed E-state index contributed by atoms with van der Waals surface area (Å²) < 4.78 is 5.25. The molecule has 4 heteroatoms. The van der Waals surface area contributed by atoms with Crippen molar-refractivity contribution in [2.45, 2.75) is 26.4 Å². The summed E-state index contributed by atoms with van der Waals surface area (Å²) in [7, 11) is 1.64. The molecule has 0 aliphatic rings. The normalized spacial score (nSPS) is 11.9. The highest BCUT2D eigenvalue weighted by molar-refractivity contribution is 5.81. The molecule has 0 aliphatic heterocycles. The van der Waals surface area contributed by atoms with Crippen molar-refractivity contribution in [1.29, 1.82) is 0 Å². The van der Waals surface area contributed by atoms with Crippen LogP contribution in [0.1, 0.15) is 19.4 Å². The van der Waals surface area contributed by atoms with E-state index in [2.05, 4.69) is 10.6 Å². The number of carbonyl (C=O) groups excluding carboxylic acids is 1. The van der Waals surface area contributed by atoms with E-state index in [-0.39, 0.29) is 11.9 Å². The molecule has 1 atom stereocenters. The van der Waals surface area contributed by atoms with Crippen molar-refractivity contribution < 1.29 is 9.53 Å². The van der Waals surface area contributed by atoms with Crippen molar-refractivity contribution >= 4 is 5.91 Å². The highest BCUT2D eigenvalue weighted by Gasteiger charge is 2.11. The van der Waals surface area contributed by atoms with Crippen LogP contribution < -0.4 is 15.4 Å². The number of rotatable bonds is 6. The number of amides is 1. The number of para-hydroxylation sites is 1. The van der Waals surface area contributed by atoms with Crippen LogP contribution in [0, 0.1) is 0 Å². The van der Waals surface area contributed by atoms with E-state index < -0.39 is 0 Å². The minimum Gasteiger partial charge on any atom is -0.496 e. The number of ether oxygens (including phenoxy) is 1. The molecule has 0 saturated carbocycles. The molecule has 4 nitrogen and oxygen atoms in total. The Labute approximate surface area is 102 Å². The fourth-order valence-electron chi connectivity index (χ4n) is 1.53. The molecular formula is C13H20N2O2. The first-order valence-corrected chi connectivity index (χ1v) is 5.82. The van der Waals surface area contributed by atoms with E-state index in [0.29, 0.717) is 13.1 Å². The average Bonchev–Trinajstić information content (AvgIpc) is 2.36. The number of nitrogens with one attached hydrogen (secondary N) is 2. The van der Waals surface area contributed by atoms with Crippen molar-refractivity contribution in [2.24, 2.45) is 0 Å².